The zero-order chi connectivity index (χ0) is 15.4. The molecule has 1 atom stereocenters. The summed E-state index contributed by atoms with van der Waals surface area (Å²) in [4.78, 5) is 12.9. The van der Waals surface area contributed by atoms with Crippen LogP contribution in [0.5, 0.6) is 5.75 Å². The SMILES string of the molecule is CCOc1ccc([C@@H](C)NC(=O)c2cc(Br)c(Br)s2)cc1. The molecule has 1 aromatic heterocycles. The van der Waals surface area contributed by atoms with Crippen LogP contribution in [0.25, 0.3) is 0 Å². The molecule has 0 aliphatic heterocycles. The first-order chi connectivity index (χ1) is 10.0. The van der Waals surface area contributed by atoms with E-state index in [0.29, 0.717) is 11.5 Å². The van der Waals surface area contributed by atoms with Gasteiger partial charge in [-0.3, -0.25) is 4.79 Å². The number of carbonyl (C=O) groups is 1. The molecule has 112 valence electrons. The molecule has 21 heavy (non-hydrogen) atoms. The van der Waals surface area contributed by atoms with E-state index >= 15 is 0 Å². The quantitative estimate of drug-likeness (QED) is 0.708. The predicted molar refractivity (Wildman–Crippen MR) is 93.2 cm³/mol. The molecule has 3 nitrogen and oxygen atoms in total. The number of benzene rings is 1. The van der Waals surface area contributed by atoms with Crippen molar-refractivity contribution in [3.63, 3.8) is 0 Å². The molecule has 6 heteroatoms. The van der Waals surface area contributed by atoms with Crippen molar-refractivity contribution in [1.82, 2.24) is 5.32 Å². The fourth-order valence-corrected chi connectivity index (χ4v) is 3.77. The first-order valence-electron chi connectivity index (χ1n) is 6.49. The van der Waals surface area contributed by atoms with E-state index in [1.54, 1.807) is 0 Å². The molecule has 1 amide bonds. The Bertz CT molecular complexity index is 606. The predicted octanol–water partition coefficient (Wildman–Crippen LogP) is 5.16. The number of hydrogen-bond acceptors (Lipinski definition) is 3. The second kappa shape index (κ2) is 7.42. The monoisotopic (exact) mass is 431 g/mol. The van der Waals surface area contributed by atoms with Crippen LogP contribution in [0, 0.1) is 0 Å². The molecule has 1 aromatic carbocycles. The van der Waals surface area contributed by atoms with Crippen LogP contribution in [-0.2, 0) is 0 Å². The van der Waals surface area contributed by atoms with Gasteiger partial charge in [-0.1, -0.05) is 12.1 Å². The summed E-state index contributed by atoms with van der Waals surface area (Å²) in [6, 6.07) is 9.52. The highest BCUT2D eigenvalue weighted by molar-refractivity contribution is 9.13. The molecule has 0 saturated heterocycles. The fraction of sp³-hybridized carbons (Fsp3) is 0.267. The summed E-state index contributed by atoms with van der Waals surface area (Å²) in [6.07, 6.45) is 0. The van der Waals surface area contributed by atoms with Gasteiger partial charge in [-0.25, -0.2) is 0 Å². The van der Waals surface area contributed by atoms with Crippen LogP contribution in [0.1, 0.15) is 35.1 Å². The van der Waals surface area contributed by atoms with Crippen molar-refractivity contribution in [3.8, 4) is 5.75 Å². The van der Waals surface area contributed by atoms with Gasteiger partial charge < -0.3 is 10.1 Å². The lowest BCUT2D eigenvalue weighted by atomic mass is 10.1. The molecule has 0 bridgehead atoms. The van der Waals surface area contributed by atoms with Crippen LogP contribution in [0.4, 0.5) is 0 Å². The molecule has 0 fully saturated rings. The number of nitrogens with one attached hydrogen (secondary N) is 1. The Balaban J connectivity index is 2.03. The molecule has 0 unspecified atom stereocenters. The van der Waals surface area contributed by atoms with Gasteiger partial charge >= 0.3 is 0 Å². The molecule has 0 aliphatic carbocycles. The molecule has 2 rings (SSSR count). The minimum Gasteiger partial charge on any atom is -0.494 e. The smallest absolute Gasteiger partial charge is 0.261 e. The van der Waals surface area contributed by atoms with Gasteiger partial charge in [-0.05, 0) is 69.5 Å². The van der Waals surface area contributed by atoms with Crippen molar-refractivity contribution in [3.05, 3.63) is 49.0 Å². The second-order valence-electron chi connectivity index (χ2n) is 4.43. The van der Waals surface area contributed by atoms with Crippen LogP contribution in [0.15, 0.2) is 38.6 Å². The molecular formula is C15H15Br2NO2S. The lowest BCUT2D eigenvalue weighted by Gasteiger charge is -2.14. The number of rotatable bonds is 5. The Labute approximate surface area is 145 Å². The first kappa shape index (κ1) is 16.5. The number of thiophene rings is 1. The number of amides is 1. The summed E-state index contributed by atoms with van der Waals surface area (Å²) in [5.41, 5.74) is 1.04. The van der Waals surface area contributed by atoms with Gasteiger partial charge in [0.05, 0.1) is 21.3 Å². The lowest BCUT2D eigenvalue weighted by Crippen LogP contribution is -2.25. The number of hydrogen-bond donors (Lipinski definition) is 1. The summed E-state index contributed by atoms with van der Waals surface area (Å²) < 4.78 is 7.22. The van der Waals surface area contributed by atoms with Crippen molar-refractivity contribution in [1.29, 1.82) is 0 Å². The fourth-order valence-electron chi connectivity index (χ4n) is 1.83. The van der Waals surface area contributed by atoms with Crippen LogP contribution in [0.2, 0.25) is 0 Å². The van der Waals surface area contributed by atoms with E-state index in [1.165, 1.54) is 11.3 Å². The van der Waals surface area contributed by atoms with E-state index in [0.717, 1.165) is 19.6 Å². The van der Waals surface area contributed by atoms with Gasteiger partial charge in [-0.15, -0.1) is 11.3 Å². The van der Waals surface area contributed by atoms with Crippen LogP contribution < -0.4 is 10.1 Å². The normalized spacial score (nSPS) is 12.0. The highest BCUT2D eigenvalue weighted by atomic mass is 79.9. The van der Waals surface area contributed by atoms with Gasteiger partial charge in [0.25, 0.3) is 5.91 Å². The topological polar surface area (TPSA) is 38.3 Å². The van der Waals surface area contributed by atoms with Crippen molar-refractivity contribution in [2.45, 2.75) is 19.9 Å². The van der Waals surface area contributed by atoms with Gasteiger partial charge in [0, 0.05) is 4.47 Å². The van der Waals surface area contributed by atoms with Gasteiger partial charge in [0.1, 0.15) is 5.75 Å². The Morgan fingerprint density at radius 3 is 2.52 bits per heavy atom. The van der Waals surface area contributed by atoms with Crippen molar-refractivity contribution < 1.29 is 9.53 Å². The van der Waals surface area contributed by atoms with Crippen molar-refractivity contribution in [2.24, 2.45) is 0 Å². The molecule has 1 heterocycles. The molecular weight excluding hydrogens is 418 g/mol. The van der Waals surface area contributed by atoms with Crippen LogP contribution in [0.3, 0.4) is 0 Å². The van der Waals surface area contributed by atoms with Crippen LogP contribution >= 0.6 is 43.2 Å². The molecule has 1 N–H and O–H groups in total. The third kappa shape index (κ3) is 4.31. The Morgan fingerprint density at radius 2 is 2.00 bits per heavy atom. The van der Waals surface area contributed by atoms with Crippen molar-refractivity contribution >= 4 is 49.1 Å². The number of halogens is 2. The Kier molecular flexibility index (Phi) is 5.84. The molecule has 0 radical (unpaired) electrons. The Morgan fingerprint density at radius 1 is 1.33 bits per heavy atom. The summed E-state index contributed by atoms with van der Waals surface area (Å²) >= 11 is 8.19. The molecule has 0 aliphatic rings. The first-order valence-corrected chi connectivity index (χ1v) is 8.90. The summed E-state index contributed by atoms with van der Waals surface area (Å²) in [7, 11) is 0. The van der Waals surface area contributed by atoms with E-state index in [1.807, 2.05) is 44.2 Å². The summed E-state index contributed by atoms with van der Waals surface area (Å²) in [5, 5.41) is 2.99. The maximum atomic E-state index is 12.2. The highest BCUT2D eigenvalue weighted by Gasteiger charge is 2.15. The maximum absolute atomic E-state index is 12.2. The van der Waals surface area contributed by atoms with Crippen LogP contribution in [-0.4, -0.2) is 12.5 Å². The molecule has 0 saturated carbocycles. The van der Waals surface area contributed by atoms with Gasteiger partial charge in [-0.2, -0.15) is 0 Å². The van der Waals surface area contributed by atoms with Gasteiger partial charge in [0.15, 0.2) is 0 Å². The summed E-state index contributed by atoms with van der Waals surface area (Å²) in [5.74, 6) is 0.763. The lowest BCUT2D eigenvalue weighted by molar-refractivity contribution is 0.0944. The second-order valence-corrected chi connectivity index (χ2v) is 7.65. The average Bonchev–Trinajstić information content (AvgIpc) is 2.80. The minimum atomic E-state index is -0.0761. The van der Waals surface area contributed by atoms with E-state index < -0.39 is 0 Å². The van der Waals surface area contributed by atoms with E-state index in [9.17, 15) is 4.79 Å². The van der Waals surface area contributed by atoms with Crippen molar-refractivity contribution in [2.75, 3.05) is 6.61 Å². The zero-order valence-electron chi connectivity index (χ0n) is 11.7. The summed E-state index contributed by atoms with van der Waals surface area (Å²) in [6.45, 7) is 4.56. The molecule has 0 spiro atoms. The van der Waals surface area contributed by atoms with E-state index in [2.05, 4.69) is 37.2 Å². The maximum Gasteiger partial charge on any atom is 0.261 e. The standard InChI is InChI=1S/C15H15Br2NO2S/c1-3-20-11-6-4-10(5-7-11)9(2)18-15(19)13-8-12(16)14(17)21-13/h4-9H,3H2,1-2H3,(H,18,19)/t9-/m1/s1. The highest BCUT2D eigenvalue weighted by Crippen LogP contribution is 2.32. The van der Waals surface area contributed by atoms with E-state index in [4.69, 9.17) is 4.74 Å². The Hall–Kier alpha value is -0.850. The third-order valence-corrected chi connectivity index (χ3v) is 6.16. The number of ether oxygens (including phenoxy) is 1. The third-order valence-electron chi connectivity index (χ3n) is 2.91. The zero-order valence-corrected chi connectivity index (χ0v) is 15.6. The van der Waals surface area contributed by atoms with Gasteiger partial charge in [0.2, 0.25) is 0 Å². The molecule has 2 aromatic rings. The van der Waals surface area contributed by atoms with E-state index in [-0.39, 0.29) is 11.9 Å². The average molecular weight is 433 g/mol. The number of carbonyl (C=O) groups excluding carboxylic acids is 1. The minimum absolute atomic E-state index is 0.0622. The largest absolute Gasteiger partial charge is 0.494 e.